The van der Waals surface area contributed by atoms with Gasteiger partial charge in [0.05, 0.1) is 0 Å². The lowest BCUT2D eigenvalue weighted by Gasteiger charge is -1.93. The number of aromatic amines is 1. The third kappa shape index (κ3) is 5.59. The summed E-state index contributed by atoms with van der Waals surface area (Å²) in [6, 6.07) is 1.53. The van der Waals surface area contributed by atoms with Crippen LogP contribution in [0.3, 0.4) is 0 Å². The molecule has 0 saturated carbocycles. The Morgan fingerprint density at radius 2 is 2.10 bits per heavy atom. The maximum Gasteiger partial charge on any atom is 0.267 e. The van der Waals surface area contributed by atoms with Crippen molar-refractivity contribution < 1.29 is 9.59 Å². The fraction of sp³-hybridized carbons (Fsp3) is 0.200. The van der Waals surface area contributed by atoms with Crippen LogP contribution in [0.5, 0.6) is 0 Å². The van der Waals surface area contributed by atoms with Gasteiger partial charge in [-0.25, -0.2) is 0 Å². The molecule has 0 bridgehead atoms. The third-order valence-electron chi connectivity index (χ3n) is 2.33. The van der Waals surface area contributed by atoms with E-state index in [0.717, 1.165) is 0 Å². The van der Waals surface area contributed by atoms with Crippen molar-refractivity contribution in [1.82, 2.24) is 10.3 Å². The molecular formula is C15H17ClN2O2. The number of carbonyl (C=O) groups excluding carboxylic acids is 2. The maximum absolute atomic E-state index is 11.8. The van der Waals surface area contributed by atoms with E-state index in [-0.39, 0.29) is 18.1 Å². The van der Waals surface area contributed by atoms with Gasteiger partial charge in [-0.15, -0.1) is 12.8 Å². The first-order valence-corrected chi connectivity index (χ1v) is 6.21. The van der Waals surface area contributed by atoms with Crippen molar-refractivity contribution in [2.75, 3.05) is 7.05 Å². The molecule has 0 aromatic carbocycles. The van der Waals surface area contributed by atoms with Crippen LogP contribution in [-0.2, 0) is 0 Å². The zero-order valence-electron chi connectivity index (χ0n) is 11.4. The van der Waals surface area contributed by atoms with Crippen molar-refractivity contribution in [3.05, 3.63) is 46.8 Å². The number of carbonyl (C=O) groups is 2. The van der Waals surface area contributed by atoms with Crippen molar-refractivity contribution in [3.63, 3.8) is 0 Å². The quantitative estimate of drug-likeness (QED) is 0.498. The number of Topliss-reactive ketones (excluding diaryl/α,β-unsaturated/α-hetero) is 1. The van der Waals surface area contributed by atoms with Gasteiger partial charge in [-0.3, -0.25) is 9.59 Å². The molecule has 1 heterocycles. The second-order valence-electron chi connectivity index (χ2n) is 3.58. The number of halogens is 1. The summed E-state index contributed by atoms with van der Waals surface area (Å²) < 4.78 is 0. The molecule has 1 aromatic rings. The number of amides is 1. The number of hydrogen-bond donors (Lipinski definition) is 2. The average molecular weight is 293 g/mol. The van der Waals surface area contributed by atoms with Crippen molar-refractivity contribution in [2.24, 2.45) is 0 Å². The molecule has 0 aliphatic rings. The summed E-state index contributed by atoms with van der Waals surface area (Å²) in [5, 5.41) is 3.06. The number of nitrogens with one attached hydrogen (secondary N) is 2. The van der Waals surface area contributed by atoms with E-state index >= 15 is 0 Å². The molecule has 4 nitrogen and oxygen atoms in total. The molecule has 5 heteroatoms. The summed E-state index contributed by atoms with van der Waals surface area (Å²) in [4.78, 5) is 25.8. The molecule has 0 aliphatic carbocycles. The van der Waals surface area contributed by atoms with E-state index in [2.05, 4.69) is 23.1 Å². The van der Waals surface area contributed by atoms with Crippen LogP contribution < -0.4 is 5.32 Å². The summed E-state index contributed by atoms with van der Waals surface area (Å²) in [6.07, 6.45) is 14.9. The molecule has 0 spiro atoms. The molecule has 0 fully saturated rings. The van der Waals surface area contributed by atoms with E-state index in [9.17, 15) is 9.59 Å². The predicted molar refractivity (Wildman–Crippen MR) is 81.8 cm³/mol. The van der Waals surface area contributed by atoms with Crippen molar-refractivity contribution in [1.29, 1.82) is 0 Å². The number of terminal acetylenes is 1. The molecular weight excluding hydrogens is 276 g/mol. The average Bonchev–Trinajstić information content (AvgIpc) is 2.98. The number of ketones is 1. The van der Waals surface area contributed by atoms with E-state index < -0.39 is 0 Å². The first kappa shape index (κ1) is 17.8. The van der Waals surface area contributed by atoms with Crippen LogP contribution in [0.1, 0.15) is 34.2 Å². The van der Waals surface area contributed by atoms with Crippen molar-refractivity contribution in [2.45, 2.75) is 13.3 Å². The van der Waals surface area contributed by atoms with Gasteiger partial charge in [0.2, 0.25) is 0 Å². The molecule has 20 heavy (non-hydrogen) atoms. The van der Waals surface area contributed by atoms with Crippen LogP contribution in [0, 0.1) is 12.8 Å². The number of H-pyrrole nitrogens is 1. The molecule has 0 radical (unpaired) electrons. The Labute approximate surface area is 123 Å². The lowest BCUT2D eigenvalue weighted by Crippen LogP contribution is -2.17. The molecule has 0 atom stereocenters. The summed E-state index contributed by atoms with van der Waals surface area (Å²) in [7, 11) is 1.53. The minimum atomic E-state index is -0.249. The normalized spacial score (nSPS) is 10.8. The summed E-state index contributed by atoms with van der Waals surface area (Å²) in [5.41, 5.74) is 0.853. The summed E-state index contributed by atoms with van der Waals surface area (Å²) in [6.45, 7) is 1.82. The Kier molecular flexibility index (Phi) is 8.56. The van der Waals surface area contributed by atoms with Gasteiger partial charge in [-0.05, 0) is 19.1 Å². The Balaban J connectivity index is 0.00000172. The standard InChI is InChI=1S/C13H15ClN2O2.C2H2/c1-3-10(14)5-4-6-12(17)9-7-11(16-8-9)13(18)15-2;1-2/h3-5,7-8,16H,6H2,1-2H3,(H,15,18);1-2H/b5-4-,10-3+;. The van der Waals surface area contributed by atoms with Gasteiger partial charge in [0.25, 0.3) is 5.91 Å². The molecule has 1 aromatic heterocycles. The molecule has 106 valence electrons. The van der Waals surface area contributed by atoms with E-state index in [0.29, 0.717) is 16.3 Å². The SMILES string of the molecule is C#C.C/C=C(Cl)\C=C/CC(=O)c1c[nH]c(C(=O)NC)c1. The Morgan fingerprint density at radius 3 is 2.65 bits per heavy atom. The van der Waals surface area contributed by atoms with Crippen LogP contribution in [0.2, 0.25) is 0 Å². The van der Waals surface area contributed by atoms with Gasteiger partial charge in [0.1, 0.15) is 5.69 Å². The summed E-state index contributed by atoms with van der Waals surface area (Å²) >= 11 is 5.76. The molecule has 1 rings (SSSR count). The van der Waals surface area contributed by atoms with Gasteiger partial charge in [-0.1, -0.05) is 23.8 Å². The molecule has 0 saturated heterocycles. The van der Waals surface area contributed by atoms with Crippen LogP contribution >= 0.6 is 11.6 Å². The first-order chi connectivity index (χ1) is 9.58. The summed E-state index contributed by atoms with van der Waals surface area (Å²) in [5.74, 6) is -0.320. The fourth-order valence-electron chi connectivity index (χ4n) is 1.31. The van der Waals surface area contributed by atoms with Gasteiger partial charge >= 0.3 is 0 Å². The highest BCUT2D eigenvalue weighted by Gasteiger charge is 2.10. The fourth-order valence-corrected chi connectivity index (χ4v) is 1.40. The van der Waals surface area contributed by atoms with E-state index in [1.54, 1.807) is 18.2 Å². The highest BCUT2D eigenvalue weighted by Crippen LogP contribution is 2.09. The molecule has 1 amide bonds. The van der Waals surface area contributed by atoms with Gasteiger partial charge < -0.3 is 10.3 Å². The largest absolute Gasteiger partial charge is 0.356 e. The minimum Gasteiger partial charge on any atom is -0.356 e. The monoisotopic (exact) mass is 292 g/mol. The van der Waals surface area contributed by atoms with Crippen molar-refractivity contribution in [3.8, 4) is 12.8 Å². The van der Waals surface area contributed by atoms with Crippen LogP contribution in [0.25, 0.3) is 0 Å². The first-order valence-electron chi connectivity index (χ1n) is 5.84. The van der Waals surface area contributed by atoms with E-state index in [4.69, 9.17) is 11.6 Å². The van der Waals surface area contributed by atoms with Gasteiger partial charge in [0.15, 0.2) is 5.78 Å². The number of aromatic nitrogens is 1. The van der Waals surface area contributed by atoms with E-state index in [1.165, 1.54) is 19.3 Å². The molecule has 2 N–H and O–H groups in total. The molecule has 0 aliphatic heterocycles. The van der Waals surface area contributed by atoms with Crippen LogP contribution in [-0.4, -0.2) is 23.7 Å². The highest BCUT2D eigenvalue weighted by atomic mass is 35.5. The number of hydrogen-bond acceptors (Lipinski definition) is 2. The number of rotatable bonds is 5. The second kappa shape index (κ2) is 9.65. The maximum atomic E-state index is 11.8. The molecule has 0 unspecified atom stereocenters. The van der Waals surface area contributed by atoms with Crippen LogP contribution in [0.15, 0.2) is 35.5 Å². The Hall–Kier alpha value is -2.25. The lowest BCUT2D eigenvalue weighted by atomic mass is 10.1. The topological polar surface area (TPSA) is 62.0 Å². The minimum absolute atomic E-state index is 0.0711. The second-order valence-corrected chi connectivity index (χ2v) is 4.02. The van der Waals surface area contributed by atoms with Gasteiger partial charge in [0, 0.05) is 30.3 Å². The predicted octanol–water partition coefficient (Wildman–Crippen LogP) is 2.90. The Bertz CT molecular complexity index is 539. The van der Waals surface area contributed by atoms with Gasteiger partial charge in [-0.2, -0.15) is 0 Å². The highest BCUT2D eigenvalue weighted by molar-refractivity contribution is 6.31. The van der Waals surface area contributed by atoms with Crippen molar-refractivity contribution >= 4 is 23.3 Å². The third-order valence-corrected chi connectivity index (χ3v) is 2.68. The zero-order chi connectivity index (χ0) is 15.5. The van der Waals surface area contributed by atoms with E-state index in [1.807, 2.05) is 6.92 Å². The smallest absolute Gasteiger partial charge is 0.267 e. The number of allylic oxidation sites excluding steroid dienone is 4. The Morgan fingerprint density at radius 1 is 1.45 bits per heavy atom. The zero-order valence-corrected chi connectivity index (χ0v) is 12.2. The van der Waals surface area contributed by atoms with Crippen LogP contribution in [0.4, 0.5) is 0 Å². The lowest BCUT2D eigenvalue weighted by molar-refractivity contribution is 0.0958.